The Balaban J connectivity index is 1.72. The molecule has 0 radical (unpaired) electrons. The summed E-state index contributed by atoms with van der Waals surface area (Å²) in [5, 5.41) is 12.9. The van der Waals surface area contributed by atoms with E-state index in [0.29, 0.717) is 12.1 Å². The third-order valence-corrected chi connectivity index (χ3v) is 4.45. The molecule has 0 fully saturated rings. The van der Waals surface area contributed by atoms with Crippen LogP contribution < -0.4 is 5.32 Å². The maximum absolute atomic E-state index is 12.4. The predicted molar refractivity (Wildman–Crippen MR) is 102 cm³/mol. The van der Waals surface area contributed by atoms with E-state index >= 15 is 0 Å². The topological polar surface area (TPSA) is 75.1 Å². The maximum Gasteiger partial charge on any atom is 0.251 e. The zero-order chi connectivity index (χ0) is 18.9. The van der Waals surface area contributed by atoms with E-state index in [1.54, 1.807) is 26.0 Å². The zero-order valence-electron chi connectivity index (χ0n) is 15.5. The van der Waals surface area contributed by atoms with Crippen molar-refractivity contribution in [3.63, 3.8) is 0 Å². The molecular formula is C21H23N3O2. The van der Waals surface area contributed by atoms with Gasteiger partial charge in [0.2, 0.25) is 0 Å². The van der Waals surface area contributed by atoms with Crippen molar-refractivity contribution in [3.05, 3.63) is 70.5 Å². The second kappa shape index (κ2) is 6.84. The Hall–Kier alpha value is -2.79. The van der Waals surface area contributed by atoms with Crippen LogP contribution in [0.4, 0.5) is 0 Å². The second-order valence-electron chi connectivity index (χ2n) is 7.04. The fourth-order valence-corrected chi connectivity index (χ4v) is 2.69. The van der Waals surface area contributed by atoms with Crippen LogP contribution in [-0.4, -0.2) is 21.0 Å². The van der Waals surface area contributed by atoms with Gasteiger partial charge in [-0.2, -0.15) is 0 Å². The van der Waals surface area contributed by atoms with Gasteiger partial charge in [-0.3, -0.25) is 4.79 Å². The molecule has 0 bridgehead atoms. The van der Waals surface area contributed by atoms with Crippen LogP contribution in [0.25, 0.3) is 11.0 Å². The van der Waals surface area contributed by atoms with Gasteiger partial charge in [-0.25, -0.2) is 9.97 Å². The fraction of sp³-hybridized carbons (Fsp3) is 0.286. The molecule has 0 saturated carbocycles. The number of hydrogen-bond acceptors (Lipinski definition) is 4. The number of hydrogen-bond donors (Lipinski definition) is 2. The minimum atomic E-state index is -0.871. The standard InChI is InChI=1S/C21H23N3O2/c1-13-14(2)24-19-11-16(7-10-18(19)23-13)20(25)22-12-15-5-8-17(9-6-15)21(3,4)26/h5-11,26H,12H2,1-4H3,(H,22,25). The molecule has 0 saturated heterocycles. The third-order valence-electron chi connectivity index (χ3n) is 4.45. The average molecular weight is 349 g/mol. The summed E-state index contributed by atoms with van der Waals surface area (Å²) >= 11 is 0. The molecule has 2 aromatic carbocycles. The number of aliphatic hydroxyl groups is 1. The molecule has 1 heterocycles. The number of nitrogens with one attached hydrogen (secondary N) is 1. The molecule has 5 heteroatoms. The summed E-state index contributed by atoms with van der Waals surface area (Å²) in [6, 6.07) is 12.9. The van der Waals surface area contributed by atoms with Crippen LogP contribution >= 0.6 is 0 Å². The number of carbonyl (C=O) groups is 1. The van der Waals surface area contributed by atoms with Gasteiger partial charge >= 0.3 is 0 Å². The van der Waals surface area contributed by atoms with E-state index in [4.69, 9.17) is 0 Å². The summed E-state index contributed by atoms with van der Waals surface area (Å²) in [6.45, 7) is 7.74. The number of nitrogens with zero attached hydrogens (tertiary/aromatic N) is 2. The number of aryl methyl sites for hydroxylation is 2. The first-order valence-corrected chi connectivity index (χ1v) is 8.59. The van der Waals surface area contributed by atoms with Crippen LogP contribution in [0, 0.1) is 13.8 Å². The summed E-state index contributed by atoms with van der Waals surface area (Å²) in [7, 11) is 0. The third kappa shape index (κ3) is 3.89. The Kier molecular flexibility index (Phi) is 4.74. The first kappa shape index (κ1) is 18.0. The largest absolute Gasteiger partial charge is 0.386 e. The molecule has 3 aromatic rings. The Morgan fingerprint density at radius 3 is 2.23 bits per heavy atom. The van der Waals surface area contributed by atoms with Gasteiger partial charge in [0.05, 0.1) is 28.0 Å². The first-order valence-electron chi connectivity index (χ1n) is 8.59. The predicted octanol–water partition coefficient (Wildman–Crippen LogP) is 3.40. The van der Waals surface area contributed by atoms with Gasteiger partial charge in [0.15, 0.2) is 0 Å². The maximum atomic E-state index is 12.4. The lowest BCUT2D eigenvalue weighted by molar-refractivity contribution is 0.0785. The molecule has 0 aliphatic rings. The number of benzene rings is 2. The van der Waals surface area contributed by atoms with Gasteiger partial charge in [0, 0.05) is 12.1 Å². The monoisotopic (exact) mass is 349 g/mol. The van der Waals surface area contributed by atoms with E-state index in [2.05, 4.69) is 15.3 Å². The summed E-state index contributed by atoms with van der Waals surface area (Å²) in [5.74, 6) is -0.154. The molecule has 0 spiro atoms. The molecule has 0 aliphatic heterocycles. The smallest absolute Gasteiger partial charge is 0.251 e. The van der Waals surface area contributed by atoms with Crippen LogP contribution in [0.1, 0.15) is 46.7 Å². The van der Waals surface area contributed by atoms with Crippen LogP contribution in [0.15, 0.2) is 42.5 Å². The quantitative estimate of drug-likeness (QED) is 0.757. The van der Waals surface area contributed by atoms with E-state index in [1.165, 1.54) is 0 Å². The van der Waals surface area contributed by atoms with Crippen molar-refractivity contribution in [2.45, 2.75) is 39.8 Å². The molecule has 1 amide bonds. The molecule has 1 aromatic heterocycles. The van der Waals surface area contributed by atoms with Crippen molar-refractivity contribution in [1.29, 1.82) is 0 Å². The van der Waals surface area contributed by atoms with Gasteiger partial charge in [0.1, 0.15) is 0 Å². The van der Waals surface area contributed by atoms with Crippen molar-refractivity contribution in [3.8, 4) is 0 Å². The van der Waals surface area contributed by atoms with E-state index in [1.807, 2.05) is 44.2 Å². The SMILES string of the molecule is Cc1nc2ccc(C(=O)NCc3ccc(C(C)(C)O)cc3)cc2nc1C. The molecule has 0 unspecified atom stereocenters. The molecule has 3 rings (SSSR count). The number of rotatable bonds is 4. The van der Waals surface area contributed by atoms with Crippen molar-refractivity contribution in [1.82, 2.24) is 15.3 Å². The molecule has 5 nitrogen and oxygen atoms in total. The molecule has 0 aliphatic carbocycles. The Morgan fingerprint density at radius 2 is 1.62 bits per heavy atom. The van der Waals surface area contributed by atoms with Crippen LogP contribution in [0.5, 0.6) is 0 Å². The Labute approximate surface area is 153 Å². The van der Waals surface area contributed by atoms with Crippen molar-refractivity contribution in [2.75, 3.05) is 0 Å². The van der Waals surface area contributed by atoms with Gasteiger partial charge in [-0.05, 0) is 57.0 Å². The minimum Gasteiger partial charge on any atom is -0.386 e. The molecule has 2 N–H and O–H groups in total. The minimum absolute atomic E-state index is 0.154. The molecule has 134 valence electrons. The van der Waals surface area contributed by atoms with Crippen LogP contribution in [-0.2, 0) is 12.1 Å². The molecular weight excluding hydrogens is 326 g/mol. The highest BCUT2D eigenvalue weighted by Gasteiger charge is 2.15. The summed E-state index contributed by atoms with van der Waals surface area (Å²) in [4.78, 5) is 21.4. The van der Waals surface area contributed by atoms with Gasteiger partial charge < -0.3 is 10.4 Å². The molecule has 26 heavy (non-hydrogen) atoms. The lowest BCUT2D eigenvalue weighted by atomic mass is 9.97. The summed E-state index contributed by atoms with van der Waals surface area (Å²) in [5.41, 5.74) is 4.76. The normalized spacial score (nSPS) is 11.6. The number of carbonyl (C=O) groups excluding carboxylic acids is 1. The second-order valence-corrected chi connectivity index (χ2v) is 7.04. The Bertz CT molecular complexity index is 957. The van der Waals surface area contributed by atoms with E-state index < -0.39 is 5.60 Å². The van der Waals surface area contributed by atoms with Crippen molar-refractivity contribution < 1.29 is 9.90 Å². The highest BCUT2D eigenvalue weighted by molar-refractivity contribution is 5.97. The first-order chi connectivity index (χ1) is 12.2. The highest BCUT2D eigenvalue weighted by atomic mass is 16.3. The van der Waals surface area contributed by atoms with E-state index in [9.17, 15) is 9.90 Å². The summed E-state index contributed by atoms with van der Waals surface area (Å²) in [6.07, 6.45) is 0. The van der Waals surface area contributed by atoms with Crippen LogP contribution in [0.3, 0.4) is 0 Å². The van der Waals surface area contributed by atoms with Crippen molar-refractivity contribution in [2.24, 2.45) is 0 Å². The number of aromatic nitrogens is 2. The average Bonchev–Trinajstić information content (AvgIpc) is 2.60. The number of amides is 1. The lowest BCUT2D eigenvalue weighted by Crippen LogP contribution is -2.23. The number of fused-ring (bicyclic) bond motifs is 1. The summed E-state index contributed by atoms with van der Waals surface area (Å²) < 4.78 is 0. The molecule has 0 atom stereocenters. The highest BCUT2D eigenvalue weighted by Crippen LogP contribution is 2.20. The van der Waals surface area contributed by atoms with Gasteiger partial charge in [-0.15, -0.1) is 0 Å². The van der Waals surface area contributed by atoms with Gasteiger partial charge in [-0.1, -0.05) is 24.3 Å². The van der Waals surface area contributed by atoms with Crippen molar-refractivity contribution >= 4 is 16.9 Å². The Morgan fingerprint density at radius 1 is 1.00 bits per heavy atom. The fourth-order valence-electron chi connectivity index (χ4n) is 2.69. The lowest BCUT2D eigenvalue weighted by Gasteiger charge is -2.18. The zero-order valence-corrected chi connectivity index (χ0v) is 15.5. The van der Waals surface area contributed by atoms with E-state index in [0.717, 1.165) is 33.5 Å². The van der Waals surface area contributed by atoms with Crippen LogP contribution in [0.2, 0.25) is 0 Å². The van der Waals surface area contributed by atoms with E-state index in [-0.39, 0.29) is 5.91 Å². The van der Waals surface area contributed by atoms with Gasteiger partial charge in [0.25, 0.3) is 5.91 Å².